The average molecular weight is 374 g/mol. The first-order chi connectivity index (χ1) is 12.1. The first-order valence-corrected chi connectivity index (χ1v) is 8.81. The molecule has 0 fully saturated rings. The van der Waals surface area contributed by atoms with Gasteiger partial charge in [0.05, 0.1) is 4.53 Å². The van der Waals surface area contributed by atoms with Crippen LogP contribution in [-0.2, 0) is 6.67 Å². The molecule has 0 N–H and O–H groups in total. The molecule has 1 aliphatic heterocycles. The maximum absolute atomic E-state index is 13.1. The molecule has 0 bridgehead atoms. The second-order valence-electron chi connectivity index (χ2n) is 5.64. The minimum Gasteiger partial charge on any atom is -0.334 e. The Balaban J connectivity index is 1.70. The second kappa shape index (κ2) is 6.46. The highest BCUT2D eigenvalue weighted by molar-refractivity contribution is 7.07. The van der Waals surface area contributed by atoms with E-state index in [9.17, 15) is 9.18 Å². The zero-order valence-corrected chi connectivity index (χ0v) is 14.6. The van der Waals surface area contributed by atoms with E-state index in [2.05, 4.69) is 4.99 Å². The van der Waals surface area contributed by atoms with Gasteiger partial charge in [-0.05, 0) is 48.0 Å². The maximum atomic E-state index is 13.1. The van der Waals surface area contributed by atoms with Gasteiger partial charge in [0.25, 0.3) is 5.56 Å². The van der Waals surface area contributed by atoms with E-state index in [-0.39, 0.29) is 11.4 Å². The minimum atomic E-state index is -0.286. The van der Waals surface area contributed by atoms with E-state index >= 15 is 0 Å². The number of benzene rings is 2. The molecule has 1 aliphatic rings. The Labute approximate surface area is 151 Å². The number of nitrogens with zero attached hydrogens (tertiary/aromatic N) is 3. The Morgan fingerprint density at radius 3 is 2.56 bits per heavy atom. The zero-order valence-electron chi connectivity index (χ0n) is 13.0. The minimum absolute atomic E-state index is 0.0782. The third-order valence-electron chi connectivity index (χ3n) is 3.94. The lowest BCUT2D eigenvalue weighted by Gasteiger charge is -2.25. The van der Waals surface area contributed by atoms with Crippen molar-refractivity contribution in [1.29, 1.82) is 0 Å². The fraction of sp³-hybridized carbons (Fsp3) is 0.111. The molecule has 2 aromatic carbocycles. The second-order valence-corrected chi connectivity index (χ2v) is 7.08. The molecular weight excluding hydrogens is 361 g/mol. The van der Waals surface area contributed by atoms with Gasteiger partial charge in [-0.25, -0.2) is 9.38 Å². The van der Waals surface area contributed by atoms with Gasteiger partial charge in [0, 0.05) is 10.7 Å². The molecule has 0 spiro atoms. The number of anilines is 1. The maximum Gasteiger partial charge on any atom is 0.271 e. The van der Waals surface area contributed by atoms with Crippen LogP contribution in [-0.4, -0.2) is 11.2 Å². The lowest BCUT2D eigenvalue weighted by molar-refractivity contribution is 0.568. The van der Waals surface area contributed by atoms with Crippen LogP contribution in [0, 0.1) is 5.82 Å². The third-order valence-corrected chi connectivity index (χ3v) is 5.23. The van der Waals surface area contributed by atoms with Crippen molar-refractivity contribution in [3.8, 4) is 0 Å². The Bertz CT molecular complexity index is 1090. The summed E-state index contributed by atoms with van der Waals surface area (Å²) < 4.78 is 15.3. The topological polar surface area (TPSA) is 37.6 Å². The van der Waals surface area contributed by atoms with Crippen molar-refractivity contribution in [1.82, 2.24) is 4.57 Å². The fourth-order valence-corrected chi connectivity index (χ4v) is 3.73. The third kappa shape index (κ3) is 3.23. The lowest BCUT2D eigenvalue weighted by atomic mass is 10.2. The zero-order chi connectivity index (χ0) is 17.4. The first kappa shape index (κ1) is 16.1. The Morgan fingerprint density at radius 1 is 1.12 bits per heavy atom. The fourth-order valence-electron chi connectivity index (χ4n) is 2.64. The summed E-state index contributed by atoms with van der Waals surface area (Å²) in [7, 11) is 0. The van der Waals surface area contributed by atoms with Gasteiger partial charge in [0.1, 0.15) is 19.2 Å². The van der Waals surface area contributed by atoms with Gasteiger partial charge in [-0.3, -0.25) is 9.36 Å². The summed E-state index contributed by atoms with van der Waals surface area (Å²) in [5.74, 6) is -0.286. The van der Waals surface area contributed by atoms with Crippen LogP contribution >= 0.6 is 22.9 Å². The van der Waals surface area contributed by atoms with E-state index in [1.807, 2.05) is 23.1 Å². The molecule has 3 aromatic rings. The van der Waals surface area contributed by atoms with Crippen molar-refractivity contribution in [2.45, 2.75) is 6.67 Å². The highest BCUT2D eigenvalue weighted by Crippen LogP contribution is 2.16. The van der Waals surface area contributed by atoms with Crippen molar-refractivity contribution in [2.75, 3.05) is 11.6 Å². The summed E-state index contributed by atoms with van der Waals surface area (Å²) in [5.41, 5.74) is 1.67. The number of fused-ring (bicyclic) bond motifs is 1. The van der Waals surface area contributed by atoms with Gasteiger partial charge in [-0.1, -0.05) is 35.1 Å². The number of hydrogen-bond acceptors (Lipinski definition) is 4. The van der Waals surface area contributed by atoms with Gasteiger partial charge in [-0.2, -0.15) is 0 Å². The SMILES string of the molecule is O=c1/c(=C/c2ccc(Cl)cc2)sc2n1CN(c1ccc(F)cc1)CN=2. The predicted molar refractivity (Wildman–Crippen MR) is 98.1 cm³/mol. The van der Waals surface area contributed by atoms with E-state index in [0.29, 0.717) is 27.7 Å². The van der Waals surface area contributed by atoms with E-state index in [4.69, 9.17) is 11.6 Å². The molecule has 126 valence electrons. The molecule has 7 heteroatoms. The first-order valence-electron chi connectivity index (χ1n) is 7.62. The van der Waals surface area contributed by atoms with Crippen molar-refractivity contribution < 1.29 is 4.39 Å². The van der Waals surface area contributed by atoms with Crippen LogP contribution in [0.4, 0.5) is 10.1 Å². The molecule has 0 atom stereocenters. The molecule has 0 aliphatic carbocycles. The number of aromatic nitrogens is 1. The molecule has 4 rings (SSSR count). The standard InChI is InChI=1S/C18H13ClFN3OS/c19-13-3-1-12(2-4-13)9-16-17(24)23-11-22(10-21-18(23)25-16)15-7-5-14(20)6-8-15/h1-9H,10-11H2/b16-9-. The monoisotopic (exact) mass is 373 g/mol. The van der Waals surface area contributed by atoms with Gasteiger partial charge in [-0.15, -0.1) is 0 Å². The van der Waals surface area contributed by atoms with Crippen LogP contribution < -0.4 is 19.8 Å². The van der Waals surface area contributed by atoms with Crippen molar-refractivity contribution in [3.05, 3.63) is 84.6 Å². The Morgan fingerprint density at radius 2 is 1.84 bits per heavy atom. The predicted octanol–water partition coefficient (Wildman–Crippen LogP) is 2.59. The van der Waals surface area contributed by atoms with E-state index in [1.165, 1.54) is 23.5 Å². The normalized spacial score (nSPS) is 14.3. The summed E-state index contributed by atoms with van der Waals surface area (Å²) in [4.78, 5) is 19.8. The van der Waals surface area contributed by atoms with Gasteiger partial charge >= 0.3 is 0 Å². The van der Waals surface area contributed by atoms with Gasteiger partial charge in [0.15, 0.2) is 4.80 Å². The molecule has 25 heavy (non-hydrogen) atoms. The van der Waals surface area contributed by atoms with Crippen LogP contribution in [0.5, 0.6) is 0 Å². The summed E-state index contributed by atoms with van der Waals surface area (Å²) in [6.45, 7) is 0.834. The average Bonchev–Trinajstić information content (AvgIpc) is 2.93. The van der Waals surface area contributed by atoms with Crippen LogP contribution in [0.25, 0.3) is 6.08 Å². The van der Waals surface area contributed by atoms with Crippen LogP contribution in [0.2, 0.25) is 5.02 Å². The number of halogens is 2. The summed E-state index contributed by atoms with van der Waals surface area (Å²) >= 11 is 7.26. The number of hydrogen-bond donors (Lipinski definition) is 0. The molecule has 1 aromatic heterocycles. The van der Waals surface area contributed by atoms with E-state index < -0.39 is 0 Å². The molecule has 0 amide bonds. The van der Waals surface area contributed by atoms with Crippen LogP contribution in [0.1, 0.15) is 5.56 Å². The van der Waals surface area contributed by atoms with E-state index in [1.54, 1.807) is 28.8 Å². The van der Waals surface area contributed by atoms with Crippen molar-refractivity contribution in [3.63, 3.8) is 0 Å². The van der Waals surface area contributed by atoms with Crippen LogP contribution in [0.3, 0.4) is 0 Å². The highest BCUT2D eigenvalue weighted by Gasteiger charge is 2.15. The van der Waals surface area contributed by atoms with Gasteiger partial charge < -0.3 is 4.90 Å². The quantitative estimate of drug-likeness (QED) is 0.692. The molecule has 0 saturated heterocycles. The Hall–Kier alpha value is -2.44. The van der Waals surface area contributed by atoms with Crippen molar-refractivity contribution >= 4 is 34.7 Å². The smallest absolute Gasteiger partial charge is 0.271 e. The molecule has 4 nitrogen and oxygen atoms in total. The van der Waals surface area contributed by atoms with Crippen molar-refractivity contribution in [2.24, 2.45) is 4.99 Å². The lowest BCUT2D eigenvalue weighted by Crippen LogP contribution is -2.42. The summed E-state index contributed by atoms with van der Waals surface area (Å²) in [6, 6.07) is 13.5. The summed E-state index contributed by atoms with van der Waals surface area (Å²) in [5, 5.41) is 0.657. The molecule has 0 radical (unpaired) electrons. The van der Waals surface area contributed by atoms with Crippen LogP contribution in [0.15, 0.2) is 58.3 Å². The van der Waals surface area contributed by atoms with E-state index in [0.717, 1.165) is 11.3 Å². The van der Waals surface area contributed by atoms with Gasteiger partial charge in [0.2, 0.25) is 0 Å². The Kier molecular flexibility index (Phi) is 4.15. The molecular formula is C18H13ClFN3OS. The highest BCUT2D eigenvalue weighted by atomic mass is 35.5. The number of rotatable bonds is 2. The molecule has 0 saturated carbocycles. The summed E-state index contributed by atoms with van der Waals surface area (Å²) in [6.07, 6.45) is 1.84. The largest absolute Gasteiger partial charge is 0.334 e. The molecule has 0 unspecified atom stereocenters. The number of thiazole rings is 1. The molecule has 2 heterocycles.